The largest absolute Gasteiger partial charge is 0.484 e. The monoisotopic (exact) mass is 425 g/mol. The lowest BCUT2D eigenvalue weighted by Gasteiger charge is -2.31. The molecule has 0 aliphatic heterocycles. The van der Waals surface area contributed by atoms with Gasteiger partial charge in [0.15, 0.2) is 6.61 Å². The highest BCUT2D eigenvalue weighted by molar-refractivity contribution is 6.04. The highest BCUT2D eigenvalue weighted by Crippen LogP contribution is 2.45. The van der Waals surface area contributed by atoms with Crippen LogP contribution < -0.4 is 15.4 Å². The molecule has 3 N–H and O–H groups in total. The number of alkyl halides is 3. The lowest BCUT2D eigenvalue weighted by atomic mass is 9.92. The lowest BCUT2D eigenvalue weighted by molar-refractivity contribution is -0.153. The summed E-state index contributed by atoms with van der Waals surface area (Å²) < 4.78 is 42.9. The van der Waals surface area contributed by atoms with Gasteiger partial charge in [-0.2, -0.15) is 13.2 Å². The van der Waals surface area contributed by atoms with Gasteiger partial charge in [0, 0.05) is 12.5 Å². The van der Waals surface area contributed by atoms with Crippen molar-refractivity contribution in [2.24, 2.45) is 5.92 Å². The summed E-state index contributed by atoms with van der Waals surface area (Å²) in [6.45, 7) is 1.53. The third kappa shape index (κ3) is 5.96. The summed E-state index contributed by atoms with van der Waals surface area (Å²) in [6, 6.07) is 4.52. The number of rotatable bonds is 8. The molecule has 9 heteroatoms. The number of nitrogens with one attached hydrogen (secondary N) is 3. The Morgan fingerprint density at radius 1 is 1.20 bits per heavy atom. The van der Waals surface area contributed by atoms with Crippen molar-refractivity contribution in [3.05, 3.63) is 29.3 Å². The topological polar surface area (TPSA) is 91.3 Å². The summed E-state index contributed by atoms with van der Waals surface area (Å²) in [6.07, 6.45) is -0.248. The van der Waals surface area contributed by atoms with Crippen molar-refractivity contribution >= 4 is 17.6 Å². The first-order valence-electron chi connectivity index (χ1n) is 9.99. The smallest absolute Gasteiger partial charge is 0.422 e. The molecule has 0 radical (unpaired) electrons. The number of hydrogen-bond donors (Lipinski definition) is 3. The van der Waals surface area contributed by atoms with Crippen LogP contribution in [0.2, 0.25) is 0 Å². The molecule has 2 aliphatic rings. The summed E-state index contributed by atoms with van der Waals surface area (Å²) in [5, 5.41) is 13.5. The van der Waals surface area contributed by atoms with E-state index in [1.165, 1.54) is 13.0 Å². The van der Waals surface area contributed by atoms with Gasteiger partial charge in [-0.1, -0.05) is 18.9 Å². The van der Waals surface area contributed by atoms with E-state index in [1.807, 2.05) is 0 Å². The molecule has 6 nitrogen and oxygen atoms in total. The Morgan fingerprint density at radius 3 is 2.40 bits per heavy atom. The van der Waals surface area contributed by atoms with Crippen molar-refractivity contribution in [3.8, 4) is 5.75 Å². The summed E-state index contributed by atoms with van der Waals surface area (Å²) >= 11 is 0. The van der Waals surface area contributed by atoms with Crippen LogP contribution in [0.4, 0.5) is 13.2 Å². The number of amides is 2. The van der Waals surface area contributed by atoms with Crippen LogP contribution in [0.15, 0.2) is 18.2 Å². The first-order chi connectivity index (χ1) is 14.0. The average molecular weight is 425 g/mol. The fourth-order valence-electron chi connectivity index (χ4n) is 3.44. The molecular weight excluding hydrogens is 399 g/mol. The molecule has 0 saturated heterocycles. The summed E-state index contributed by atoms with van der Waals surface area (Å²) in [4.78, 5) is 24.3. The van der Waals surface area contributed by atoms with E-state index in [4.69, 9.17) is 10.1 Å². The van der Waals surface area contributed by atoms with E-state index in [2.05, 4.69) is 10.6 Å². The normalized spacial score (nSPS) is 18.3. The molecule has 0 heterocycles. The van der Waals surface area contributed by atoms with Gasteiger partial charge in [0.25, 0.3) is 5.91 Å². The van der Waals surface area contributed by atoms with Crippen molar-refractivity contribution in [2.75, 3.05) is 6.61 Å². The minimum absolute atomic E-state index is 0.0586. The third-order valence-corrected chi connectivity index (χ3v) is 5.32. The zero-order valence-corrected chi connectivity index (χ0v) is 17.0. The quantitative estimate of drug-likeness (QED) is 0.436. The van der Waals surface area contributed by atoms with E-state index in [0.717, 1.165) is 25.7 Å². The molecule has 2 saturated carbocycles. The van der Waals surface area contributed by atoms with Gasteiger partial charge >= 0.3 is 6.18 Å². The van der Waals surface area contributed by atoms with Crippen molar-refractivity contribution in [3.63, 3.8) is 0 Å². The van der Waals surface area contributed by atoms with Crippen LogP contribution in [0.3, 0.4) is 0 Å². The molecule has 164 valence electrons. The molecule has 0 unspecified atom stereocenters. The summed E-state index contributed by atoms with van der Waals surface area (Å²) in [7, 11) is 0. The number of halogens is 3. The zero-order valence-electron chi connectivity index (χ0n) is 17.0. The van der Waals surface area contributed by atoms with Crippen LogP contribution in [-0.4, -0.2) is 36.0 Å². The van der Waals surface area contributed by atoms with E-state index in [0.29, 0.717) is 17.9 Å². The van der Waals surface area contributed by atoms with Crippen LogP contribution in [0, 0.1) is 11.3 Å². The second-order valence-electron chi connectivity index (χ2n) is 8.42. The number of benzene rings is 1. The Balaban J connectivity index is 1.79. The maximum Gasteiger partial charge on any atom is 0.422 e. The van der Waals surface area contributed by atoms with E-state index in [1.54, 1.807) is 19.1 Å². The molecule has 3 rings (SSSR count). The van der Waals surface area contributed by atoms with Crippen molar-refractivity contribution in [2.45, 2.75) is 63.6 Å². The first kappa shape index (κ1) is 22.1. The molecule has 2 amide bonds. The van der Waals surface area contributed by atoms with E-state index in [9.17, 15) is 22.8 Å². The van der Waals surface area contributed by atoms with E-state index in [-0.39, 0.29) is 23.1 Å². The second-order valence-corrected chi connectivity index (χ2v) is 8.42. The van der Waals surface area contributed by atoms with Crippen molar-refractivity contribution < 1.29 is 27.5 Å². The fraction of sp³-hybridized carbons (Fsp3) is 0.571. The SMILES string of the molecule is CC(=O)NC(=N)[C@@](C)(CC1CC1)NC(=O)c1ccc(C2CC2)c(OCC(F)(F)F)c1. The Labute approximate surface area is 173 Å². The van der Waals surface area contributed by atoms with Crippen LogP contribution in [-0.2, 0) is 4.79 Å². The van der Waals surface area contributed by atoms with E-state index >= 15 is 0 Å². The maximum absolute atomic E-state index is 12.9. The molecule has 2 aliphatic carbocycles. The number of carbonyl (C=O) groups is 2. The summed E-state index contributed by atoms with van der Waals surface area (Å²) in [5.41, 5.74) is -0.275. The number of hydrogen-bond acceptors (Lipinski definition) is 4. The number of amidine groups is 1. The second kappa shape index (κ2) is 8.28. The van der Waals surface area contributed by atoms with Gasteiger partial charge in [0.05, 0.1) is 5.54 Å². The Hall–Kier alpha value is -2.58. The number of ether oxygens (including phenoxy) is 1. The molecule has 0 spiro atoms. The van der Waals surface area contributed by atoms with Gasteiger partial charge in [0.1, 0.15) is 11.6 Å². The fourth-order valence-corrected chi connectivity index (χ4v) is 3.44. The highest BCUT2D eigenvalue weighted by Gasteiger charge is 2.39. The van der Waals surface area contributed by atoms with E-state index < -0.39 is 30.1 Å². The number of carbonyl (C=O) groups excluding carboxylic acids is 2. The molecule has 2 fully saturated rings. The minimum atomic E-state index is -4.48. The highest BCUT2D eigenvalue weighted by atomic mass is 19.4. The molecule has 1 aromatic carbocycles. The average Bonchev–Trinajstić information content (AvgIpc) is 3.53. The molecule has 30 heavy (non-hydrogen) atoms. The van der Waals surface area contributed by atoms with Gasteiger partial charge in [-0.15, -0.1) is 0 Å². The van der Waals surface area contributed by atoms with Crippen LogP contribution in [0.25, 0.3) is 0 Å². The predicted octanol–water partition coefficient (Wildman–Crippen LogP) is 3.91. The summed E-state index contributed by atoms with van der Waals surface area (Å²) in [5.74, 6) is -0.493. The van der Waals surface area contributed by atoms with Crippen LogP contribution >= 0.6 is 0 Å². The standard InChI is InChI=1S/C21H26F3N3O3/c1-12(28)26-19(25)20(2,10-13-3-4-13)27-18(29)15-7-8-16(14-5-6-14)17(9-15)30-11-21(22,23)24/h7-9,13-14H,3-6,10-11H2,1-2H3,(H,27,29)(H2,25,26,28)/t20-/m1/s1. The lowest BCUT2D eigenvalue weighted by Crippen LogP contribution is -2.57. The molecule has 1 aromatic rings. The van der Waals surface area contributed by atoms with Gasteiger partial charge in [-0.05, 0) is 55.7 Å². The van der Waals surface area contributed by atoms with Gasteiger partial charge < -0.3 is 15.4 Å². The molecule has 0 aromatic heterocycles. The molecular formula is C21H26F3N3O3. The van der Waals surface area contributed by atoms with Gasteiger partial charge in [-0.3, -0.25) is 15.0 Å². The van der Waals surface area contributed by atoms with Gasteiger partial charge in [-0.25, -0.2) is 0 Å². The first-order valence-corrected chi connectivity index (χ1v) is 9.99. The Bertz CT molecular complexity index is 848. The Morgan fingerprint density at radius 2 is 1.87 bits per heavy atom. The zero-order chi connectivity index (χ0) is 22.1. The Kier molecular flexibility index (Phi) is 6.10. The maximum atomic E-state index is 12.9. The van der Waals surface area contributed by atoms with Crippen LogP contribution in [0.5, 0.6) is 5.75 Å². The van der Waals surface area contributed by atoms with Crippen molar-refractivity contribution in [1.82, 2.24) is 10.6 Å². The molecule has 0 bridgehead atoms. The van der Waals surface area contributed by atoms with Crippen molar-refractivity contribution in [1.29, 1.82) is 5.41 Å². The van der Waals surface area contributed by atoms with Crippen LogP contribution in [0.1, 0.15) is 67.8 Å². The minimum Gasteiger partial charge on any atom is -0.484 e. The predicted molar refractivity (Wildman–Crippen MR) is 105 cm³/mol. The van der Waals surface area contributed by atoms with Gasteiger partial charge in [0.2, 0.25) is 5.91 Å². The molecule has 1 atom stereocenters. The third-order valence-electron chi connectivity index (χ3n) is 5.32.